The van der Waals surface area contributed by atoms with Crippen molar-refractivity contribution in [2.45, 2.75) is 25.3 Å². The van der Waals surface area contributed by atoms with E-state index in [1.54, 1.807) is 0 Å². The summed E-state index contributed by atoms with van der Waals surface area (Å²) >= 11 is 0. The largest absolute Gasteiger partial charge is 0.376 e. The predicted octanol–water partition coefficient (Wildman–Crippen LogP) is 2.26. The van der Waals surface area contributed by atoms with Crippen molar-refractivity contribution in [3.8, 4) is 0 Å². The molecule has 2 aromatic rings. The van der Waals surface area contributed by atoms with Gasteiger partial charge in [0.05, 0.1) is 18.1 Å². The minimum atomic E-state index is 0.598. The van der Waals surface area contributed by atoms with Crippen LogP contribution in [0.1, 0.15) is 30.0 Å². The number of aromatic nitrogens is 3. The van der Waals surface area contributed by atoms with E-state index in [9.17, 15) is 0 Å². The van der Waals surface area contributed by atoms with Crippen LogP contribution in [0.5, 0.6) is 0 Å². The molecule has 0 atom stereocenters. The van der Waals surface area contributed by atoms with Gasteiger partial charge in [0.2, 0.25) is 0 Å². The van der Waals surface area contributed by atoms with Gasteiger partial charge in [0.1, 0.15) is 0 Å². The zero-order valence-corrected chi connectivity index (χ0v) is 13.7. The summed E-state index contributed by atoms with van der Waals surface area (Å²) in [6, 6.07) is 4.36. The van der Waals surface area contributed by atoms with Gasteiger partial charge in [-0.25, -0.2) is 0 Å². The van der Waals surface area contributed by atoms with Crippen LogP contribution in [0.15, 0.2) is 30.7 Å². The summed E-state index contributed by atoms with van der Waals surface area (Å²) in [5.74, 6) is 0.598. The molecule has 1 aliphatic rings. The number of piperidine rings is 1. The third kappa shape index (κ3) is 3.47. The molecule has 0 unspecified atom stereocenters. The van der Waals surface area contributed by atoms with Crippen molar-refractivity contribution in [2.24, 2.45) is 7.05 Å². The third-order valence-electron chi connectivity index (χ3n) is 4.46. The molecule has 1 saturated heterocycles. The maximum atomic E-state index is 4.66. The fraction of sp³-hybridized carbons (Fsp3) is 0.529. The van der Waals surface area contributed by atoms with Gasteiger partial charge in [0.25, 0.3) is 0 Å². The molecule has 5 heteroatoms. The van der Waals surface area contributed by atoms with Crippen LogP contribution < -0.4 is 4.90 Å². The molecule has 0 aliphatic carbocycles. The highest BCUT2D eigenvalue weighted by atomic mass is 15.2. The predicted molar refractivity (Wildman–Crippen MR) is 89.0 cm³/mol. The first-order valence-corrected chi connectivity index (χ1v) is 7.95. The van der Waals surface area contributed by atoms with Gasteiger partial charge >= 0.3 is 0 Å². The molecule has 3 heterocycles. The summed E-state index contributed by atoms with van der Waals surface area (Å²) in [7, 11) is 6.07. The van der Waals surface area contributed by atoms with E-state index in [0.717, 1.165) is 25.3 Å². The number of hydrogen-bond donors (Lipinski definition) is 0. The van der Waals surface area contributed by atoms with Gasteiger partial charge in [-0.2, -0.15) is 5.10 Å². The molecule has 1 fully saturated rings. The van der Waals surface area contributed by atoms with Crippen LogP contribution in [0.25, 0.3) is 0 Å². The molecule has 1 aliphatic heterocycles. The first-order chi connectivity index (χ1) is 10.6. The van der Waals surface area contributed by atoms with Gasteiger partial charge in [-0.1, -0.05) is 0 Å². The second kappa shape index (κ2) is 6.48. The van der Waals surface area contributed by atoms with E-state index in [0.29, 0.717) is 5.92 Å². The van der Waals surface area contributed by atoms with E-state index >= 15 is 0 Å². The van der Waals surface area contributed by atoms with Crippen molar-refractivity contribution in [3.63, 3.8) is 0 Å². The van der Waals surface area contributed by atoms with Gasteiger partial charge in [-0.05, 0) is 38.1 Å². The first kappa shape index (κ1) is 15.0. The molecule has 2 aromatic heterocycles. The Labute approximate surface area is 132 Å². The minimum absolute atomic E-state index is 0.598. The van der Waals surface area contributed by atoms with Crippen molar-refractivity contribution in [1.29, 1.82) is 0 Å². The maximum Gasteiger partial charge on any atom is 0.0547 e. The van der Waals surface area contributed by atoms with Crippen LogP contribution in [0.2, 0.25) is 0 Å². The van der Waals surface area contributed by atoms with Crippen LogP contribution in [0, 0.1) is 0 Å². The Balaban J connectivity index is 1.54. The van der Waals surface area contributed by atoms with E-state index in [2.05, 4.69) is 38.2 Å². The second-order valence-corrected chi connectivity index (χ2v) is 6.41. The summed E-state index contributed by atoms with van der Waals surface area (Å²) in [5, 5.41) is 4.24. The highest BCUT2D eigenvalue weighted by Crippen LogP contribution is 2.28. The fourth-order valence-electron chi connectivity index (χ4n) is 3.10. The van der Waals surface area contributed by atoms with Gasteiger partial charge in [0, 0.05) is 51.1 Å². The molecule has 118 valence electrons. The number of rotatable bonds is 4. The Kier molecular flexibility index (Phi) is 4.43. The zero-order chi connectivity index (χ0) is 15.5. The smallest absolute Gasteiger partial charge is 0.0547 e. The molecule has 0 saturated carbocycles. The van der Waals surface area contributed by atoms with Crippen LogP contribution in [0.3, 0.4) is 0 Å². The van der Waals surface area contributed by atoms with E-state index in [1.807, 2.05) is 38.2 Å². The SMILES string of the molecule is CN(C)c1ccc(C2CCN(Cc3cnn(C)c3)CC2)nc1. The van der Waals surface area contributed by atoms with E-state index in [4.69, 9.17) is 0 Å². The van der Waals surface area contributed by atoms with E-state index < -0.39 is 0 Å². The molecule has 5 nitrogen and oxygen atoms in total. The van der Waals surface area contributed by atoms with Crippen LogP contribution in [-0.4, -0.2) is 46.8 Å². The topological polar surface area (TPSA) is 37.2 Å². The Hall–Kier alpha value is -1.88. The Bertz CT molecular complexity index is 594. The molecule has 0 spiro atoms. The number of anilines is 1. The molecule has 0 N–H and O–H groups in total. The molecular formula is C17H25N5. The number of hydrogen-bond acceptors (Lipinski definition) is 4. The summed E-state index contributed by atoms with van der Waals surface area (Å²) in [4.78, 5) is 9.27. The Morgan fingerprint density at radius 3 is 2.50 bits per heavy atom. The molecule has 3 rings (SSSR count). The maximum absolute atomic E-state index is 4.66. The fourth-order valence-corrected chi connectivity index (χ4v) is 3.10. The van der Waals surface area contributed by atoms with Crippen LogP contribution in [0.4, 0.5) is 5.69 Å². The molecule has 0 amide bonds. The summed E-state index contributed by atoms with van der Waals surface area (Å²) < 4.78 is 1.87. The average Bonchev–Trinajstić information content (AvgIpc) is 2.93. The Morgan fingerprint density at radius 2 is 1.95 bits per heavy atom. The number of likely N-dealkylation sites (tertiary alicyclic amines) is 1. The van der Waals surface area contributed by atoms with E-state index in [1.165, 1.54) is 24.1 Å². The lowest BCUT2D eigenvalue weighted by Gasteiger charge is -2.31. The van der Waals surface area contributed by atoms with Crippen molar-refractivity contribution < 1.29 is 0 Å². The van der Waals surface area contributed by atoms with Gasteiger partial charge in [-0.3, -0.25) is 14.6 Å². The average molecular weight is 299 g/mol. The third-order valence-corrected chi connectivity index (χ3v) is 4.46. The molecule has 22 heavy (non-hydrogen) atoms. The highest BCUT2D eigenvalue weighted by Gasteiger charge is 2.21. The lowest BCUT2D eigenvalue weighted by atomic mass is 9.93. The molecule has 0 aromatic carbocycles. The summed E-state index contributed by atoms with van der Waals surface area (Å²) in [6.45, 7) is 3.28. The van der Waals surface area contributed by atoms with Crippen molar-refractivity contribution in [1.82, 2.24) is 19.7 Å². The van der Waals surface area contributed by atoms with Gasteiger partial charge in [-0.15, -0.1) is 0 Å². The number of pyridine rings is 1. The zero-order valence-electron chi connectivity index (χ0n) is 13.7. The summed E-state index contributed by atoms with van der Waals surface area (Å²) in [5.41, 5.74) is 3.71. The van der Waals surface area contributed by atoms with Gasteiger partial charge in [0.15, 0.2) is 0 Å². The summed E-state index contributed by atoms with van der Waals surface area (Å²) in [6.07, 6.45) is 8.43. The van der Waals surface area contributed by atoms with Crippen molar-refractivity contribution >= 4 is 5.69 Å². The molecular weight excluding hydrogens is 274 g/mol. The number of aryl methyl sites for hydroxylation is 1. The first-order valence-electron chi connectivity index (χ1n) is 7.95. The lowest BCUT2D eigenvalue weighted by molar-refractivity contribution is 0.203. The Morgan fingerprint density at radius 1 is 1.18 bits per heavy atom. The highest BCUT2D eigenvalue weighted by molar-refractivity contribution is 5.42. The molecule has 0 radical (unpaired) electrons. The van der Waals surface area contributed by atoms with Gasteiger partial charge < -0.3 is 4.90 Å². The van der Waals surface area contributed by atoms with Crippen LogP contribution >= 0.6 is 0 Å². The monoisotopic (exact) mass is 299 g/mol. The second-order valence-electron chi connectivity index (χ2n) is 6.41. The lowest BCUT2D eigenvalue weighted by Crippen LogP contribution is -2.32. The van der Waals surface area contributed by atoms with Crippen molar-refractivity contribution in [2.75, 3.05) is 32.1 Å². The molecule has 0 bridgehead atoms. The minimum Gasteiger partial charge on any atom is -0.376 e. The van der Waals surface area contributed by atoms with E-state index in [-0.39, 0.29) is 0 Å². The van der Waals surface area contributed by atoms with Crippen molar-refractivity contribution in [3.05, 3.63) is 42.0 Å². The standard InChI is InChI=1S/C17H25N5/c1-20(2)16-4-5-17(18-11-16)15-6-8-22(9-7-15)13-14-10-19-21(3)12-14/h4-5,10-12,15H,6-9,13H2,1-3H3. The normalized spacial score (nSPS) is 16.9. The van der Waals surface area contributed by atoms with Crippen LogP contribution in [-0.2, 0) is 13.6 Å². The number of nitrogens with zero attached hydrogens (tertiary/aromatic N) is 5. The quantitative estimate of drug-likeness (QED) is 0.868.